The molecule has 0 heterocycles. The molecule has 51 heavy (non-hydrogen) atoms. The van der Waals surface area contributed by atoms with Crippen molar-refractivity contribution in [3.05, 3.63) is 111 Å². The maximum Gasteiger partial charge on any atom is 2.00 e. The van der Waals surface area contributed by atoms with E-state index in [1.165, 1.54) is 22.3 Å². The first-order valence-corrected chi connectivity index (χ1v) is 19.1. The van der Waals surface area contributed by atoms with Crippen LogP contribution in [0.1, 0.15) is 194 Å². The molecule has 1 N–H and O–H groups in total. The van der Waals surface area contributed by atoms with E-state index in [1.807, 2.05) is 0 Å². The van der Waals surface area contributed by atoms with Crippen molar-refractivity contribution in [3.8, 4) is 0 Å². The van der Waals surface area contributed by atoms with E-state index in [1.54, 1.807) is 0 Å². The summed E-state index contributed by atoms with van der Waals surface area (Å²) in [5, 5.41) is 5.46. The Morgan fingerprint density at radius 2 is 0.843 bits per heavy atom. The van der Waals surface area contributed by atoms with Gasteiger partial charge >= 0.3 is 17.1 Å². The summed E-state index contributed by atoms with van der Waals surface area (Å²) in [6.45, 7) is 40.2. The molecule has 0 bridgehead atoms. The van der Waals surface area contributed by atoms with Crippen molar-refractivity contribution < 1.29 is 17.1 Å². The Morgan fingerprint density at radius 1 is 0.529 bits per heavy atom. The molecule has 3 aromatic rings. The summed E-state index contributed by atoms with van der Waals surface area (Å²) >= 11 is 0. The zero-order valence-corrected chi connectivity index (χ0v) is 36.6. The largest absolute Gasteiger partial charge is 2.00 e. The average molecular weight is 734 g/mol. The van der Waals surface area contributed by atoms with Crippen LogP contribution in [-0.2, 0) is 17.1 Å². The van der Waals surface area contributed by atoms with Gasteiger partial charge in [0.15, 0.2) is 0 Å². The molecule has 0 aliphatic carbocycles. The number of benzene rings is 3. The maximum atomic E-state index is 8.01. The zero-order chi connectivity index (χ0) is 38.3. The molecule has 0 spiro atoms. The summed E-state index contributed by atoms with van der Waals surface area (Å²) in [6.07, 6.45) is 2.28. The third-order valence-electron chi connectivity index (χ3n) is 9.33. The number of hydrogen-bond donors (Lipinski definition) is 0. The molecule has 0 fully saturated rings. The van der Waals surface area contributed by atoms with Crippen LogP contribution in [-0.4, -0.2) is 5.71 Å². The van der Waals surface area contributed by atoms with Gasteiger partial charge < -0.3 is 11.1 Å². The van der Waals surface area contributed by atoms with E-state index in [0.717, 1.165) is 39.6 Å². The van der Waals surface area contributed by atoms with Gasteiger partial charge in [-0.3, -0.25) is 4.99 Å². The van der Waals surface area contributed by atoms with E-state index in [0.29, 0.717) is 35.5 Å². The van der Waals surface area contributed by atoms with E-state index in [9.17, 15) is 0 Å². The van der Waals surface area contributed by atoms with Crippen LogP contribution in [0.2, 0.25) is 0 Å². The summed E-state index contributed by atoms with van der Waals surface area (Å²) in [4.78, 5) is 5.46. The minimum absolute atomic E-state index is 0. The normalized spacial score (nSPS) is 12.9. The Hall–Kier alpha value is -2.81. The van der Waals surface area contributed by atoms with Gasteiger partial charge in [0.25, 0.3) is 0 Å². The van der Waals surface area contributed by atoms with Crippen molar-refractivity contribution in [3.63, 3.8) is 0 Å². The van der Waals surface area contributed by atoms with E-state index in [2.05, 4.69) is 185 Å². The van der Waals surface area contributed by atoms with Crippen LogP contribution in [0.4, 0.5) is 17.1 Å². The van der Waals surface area contributed by atoms with Crippen molar-refractivity contribution in [2.24, 2.45) is 15.8 Å². The molecule has 0 amide bonds. The Balaban J connectivity index is 0.000000779. The topological polar surface area (TPSA) is 50.3 Å². The number of para-hydroxylation sites is 2. The van der Waals surface area contributed by atoms with Gasteiger partial charge in [0, 0.05) is 11.1 Å². The molecule has 3 nitrogen and oxygen atoms in total. The molecule has 0 aliphatic rings. The quantitative estimate of drug-likeness (QED) is 0.147. The molecular weight excluding hydrogens is 662 g/mol. The van der Waals surface area contributed by atoms with Crippen LogP contribution >= 0.6 is 0 Å². The van der Waals surface area contributed by atoms with Gasteiger partial charge in [-0.25, -0.2) is 0 Å². The van der Waals surface area contributed by atoms with Crippen molar-refractivity contribution in [2.75, 3.05) is 0 Å². The molecule has 0 radical (unpaired) electrons. The fourth-order valence-corrected chi connectivity index (χ4v) is 6.04. The van der Waals surface area contributed by atoms with E-state index in [-0.39, 0.29) is 27.9 Å². The second kappa shape index (κ2) is 19.3. The van der Waals surface area contributed by atoms with E-state index < -0.39 is 0 Å². The summed E-state index contributed by atoms with van der Waals surface area (Å²) in [6, 6.07) is 19.5. The van der Waals surface area contributed by atoms with Crippen molar-refractivity contribution in [2.45, 2.75) is 160 Å². The summed E-state index contributed by atoms with van der Waals surface area (Å²) < 4.78 is 0. The first-order valence-electron chi connectivity index (χ1n) is 19.1. The Labute approximate surface area is 325 Å². The van der Waals surface area contributed by atoms with Crippen molar-refractivity contribution in [1.29, 1.82) is 0 Å². The summed E-state index contributed by atoms with van der Waals surface area (Å²) in [5.74, 6) is 2.51. The molecular formula is C47H71FeN3. The zero-order valence-electron chi connectivity index (χ0n) is 35.5. The van der Waals surface area contributed by atoms with Crippen LogP contribution in [0.3, 0.4) is 0 Å². The molecule has 0 atom stereocenters. The Bertz CT molecular complexity index is 1530. The molecule has 4 heteroatoms. The van der Waals surface area contributed by atoms with Gasteiger partial charge in [0.2, 0.25) is 0 Å². The van der Waals surface area contributed by atoms with Crippen LogP contribution < -0.4 is 0 Å². The second-order valence-electron chi connectivity index (χ2n) is 17.9. The second-order valence-corrected chi connectivity index (χ2v) is 17.9. The third kappa shape index (κ3) is 12.7. The van der Waals surface area contributed by atoms with Gasteiger partial charge in [-0.1, -0.05) is 208 Å². The maximum absolute atomic E-state index is 8.01. The third-order valence-corrected chi connectivity index (χ3v) is 9.33. The predicted molar refractivity (Wildman–Crippen MR) is 225 cm³/mol. The minimum Gasteiger partial charge on any atom is -0.698 e. The minimum atomic E-state index is -0.136. The van der Waals surface area contributed by atoms with Crippen LogP contribution in [0.25, 0.3) is 11.1 Å². The monoisotopic (exact) mass is 733 g/mol. The molecule has 3 rings (SSSR count). The number of rotatable bonds is 10. The van der Waals surface area contributed by atoms with Crippen molar-refractivity contribution in [1.82, 2.24) is 0 Å². The van der Waals surface area contributed by atoms with Gasteiger partial charge in [0.1, 0.15) is 0 Å². The summed E-state index contributed by atoms with van der Waals surface area (Å²) in [5.41, 5.74) is 20.4. The van der Waals surface area contributed by atoms with E-state index >= 15 is 0 Å². The molecule has 282 valence electrons. The number of hydrogen-bond acceptors (Lipinski definition) is 1. The van der Waals surface area contributed by atoms with Crippen LogP contribution in [0.5, 0.6) is 0 Å². The van der Waals surface area contributed by atoms with Crippen molar-refractivity contribution >= 4 is 22.8 Å². The average Bonchev–Trinajstić information content (AvgIpc) is 2.98. The number of nitrogens with zero attached hydrogens (tertiary/aromatic N) is 2. The molecule has 0 saturated carbocycles. The SMILES string of the molecule is CC(C)c1cccc(C(C)C)c1N=C(/C=C(\[N-]c1c(C(C)C)cccc1C(C)C)C(C)(C)C)C(C)(C)C.CC(C)c1cccc(C(C)C)c1[NH-].[Fe+2]. The standard InChI is InChI=1S/C35H53N2.C12H18N.Fe/c1-22(2)26-17-15-18-27(23(3)4)32(26)36-30(34(9,10)11)21-31(35(12,13)14)37-33-28(24(5)6)19-16-20-29(33)25(7)8;1-8(2)10-6-5-7-11(9(3)4)12(10)13;/h15-25H,1-14H3;5-9,13H,1-4H3;/q2*-1;+2/b30-21-,37-31?;;. The number of nitrogens with one attached hydrogen (secondary N) is 1. The van der Waals surface area contributed by atoms with Gasteiger partial charge in [-0.2, -0.15) is 5.70 Å². The molecule has 0 unspecified atom stereocenters. The van der Waals surface area contributed by atoms with Crippen LogP contribution in [0, 0.1) is 10.8 Å². The predicted octanol–water partition coefficient (Wildman–Crippen LogP) is 16.5. The molecule has 0 aromatic heterocycles. The molecule has 3 aromatic carbocycles. The fourth-order valence-electron chi connectivity index (χ4n) is 6.04. The van der Waals surface area contributed by atoms with Gasteiger partial charge in [-0.05, 0) is 52.0 Å². The first kappa shape index (κ1) is 46.2. The Morgan fingerprint density at radius 3 is 1.14 bits per heavy atom. The summed E-state index contributed by atoms with van der Waals surface area (Å²) in [7, 11) is 0. The fraction of sp³-hybridized carbons (Fsp3) is 0.553. The Kier molecular flexibility index (Phi) is 17.5. The van der Waals surface area contributed by atoms with Gasteiger partial charge in [-0.15, -0.1) is 11.4 Å². The number of aliphatic imine (C=N–C) groups is 1. The van der Waals surface area contributed by atoms with Crippen LogP contribution in [0.15, 0.2) is 71.4 Å². The van der Waals surface area contributed by atoms with E-state index in [4.69, 9.17) is 16.0 Å². The number of allylic oxidation sites excluding steroid dienone is 2. The van der Waals surface area contributed by atoms with Gasteiger partial charge in [0.05, 0.1) is 5.69 Å². The smallest absolute Gasteiger partial charge is 0.698 e. The molecule has 0 aliphatic heterocycles. The molecule has 0 saturated heterocycles. The first-order chi connectivity index (χ1) is 23.0.